The first kappa shape index (κ1) is 22.0. The molecule has 0 saturated heterocycles. The number of ether oxygens (including phenoxy) is 1. The van der Waals surface area contributed by atoms with Gasteiger partial charge in [-0.1, -0.05) is 38.1 Å². The molecule has 3 aromatic carbocycles. The summed E-state index contributed by atoms with van der Waals surface area (Å²) in [6.45, 7) is 4.27. The van der Waals surface area contributed by atoms with E-state index in [1.54, 1.807) is 43.5 Å². The summed E-state index contributed by atoms with van der Waals surface area (Å²) in [6, 6.07) is 21.2. The zero-order chi connectivity index (χ0) is 22.4. The minimum atomic E-state index is -0.431. The normalized spacial score (nSPS) is 11.7. The second-order valence-electron chi connectivity index (χ2n) is 7.68. The predicted octanol–water partition coefficient (Wildman–Crippen LogP) is 6.15. The van der Waals surface area contributed by atoms with E-state index in [0.29, 0.717) is 22.9 Å². The van der Waals surface area contributed by atoms with E-state index in [9.17, 15) is 14.9 Å². The highest BCUT2D eigenvalue weighted by Gasteiger charge is 2.18. The summed E-state index contributed by atoms with van der Waals surface area (Å²) in [5.41, 5.74) is 3.54. The molecule has 6 nitrogen and oxygen atoms in total. The molecule has 1 atom stereocenters. The number of nitrogens with zero attached hydrogens (tertiary/aromatic N) is 1. The number of rotatable bonds is 9. The molecule has 3 aromatic rings. The highest BCUT2D eigenvalue weighted by molar-refractivity contribution is 5.96. The average molecular weight is 418 g/mol. The quantitative estimate of drug-likeness (QED) is 0.256. The molecule has 6 heteroatoms. The Balaban J connectivity index is 1.85. The number of methoxy groups -OCH3 is 1. The van der Waals surface area contributed by atoms with Crippen molar-refractivity contribution in [1.82, 2.24) is 0 Å². The van der Waals surface area contributed by atoms with Crippen molar-refractivity contribution >= 4 is 17.2 Å². The van der Waals surface area contributed by atoms with Crippen molar-refractivity contribution in [2.75, 3.05) is 12.4 Å². The molecule has 0 spiro atoms. The minimum absolute atomic E-state index is 0.00463. The summed E-state index contributed by atoms with van der Waals surface area (Å²) in [5.74, 6) is 1.10. The van der Waals surface area contributed by atoms with Gasteiger partial charge in [0.05, 0.1) is 18.1 Å². The lowest BCUT2D eigenvalue weighted by Gasteiger charge is -2.21. The number of benzene rings is 3. The van der Waals surface area contributed by atoms with Crippen molar-refractivity contribution in [1.29, 1.82) is 0 Å². The molecule has 1 unspecified atom stereocenters. The van der Waals surface area contributed by atoms with Gasteiger partial charge in [0.1, 0.15) is 5.75 Å². The average Bonchev–Trinajstić information content (AvgIpc) is 2.79. The summed E-state index contributed by atoms with van der Waals surface area (Å²) >= 11 is 0. The van der Waals surface area contributed by atoms with Crippen LogP contribution in [0.5, 0.6) is 5.75 Å². The van der Waals surface area contributed by atoms with Crippen LogP contribution in [0.1, 0.15) is 53.7 Å². The summed E-state index contributed by atoms with van der Waals surface area (Å²) < 4.78 is 5.16. The van der Waals surface area contributed by atoms with Gasteiger partial charge in [-0.15, -0.1) is 0 Å². The van der Waals surface area contributed by atoms with Crippen molar-refractivity contribution in [2.24, 2.45) is 0 Å². The smallest absolute Gasteiger partial charge is 0.269 e. The topological polar surface area (TPSA) is 81.5 Å². The van der Waals surface area contributed by atoms with Gasteiger partial charge in [-0.3, -0.25) is 14.9 Å². The molecule has 160 valence electrons. The number of carbonyl (C=O) groups is 1. The van der Waals surface area contributed by atoms with Crippen LogP contribution in [0.2, 0.25) is 0 Å². The van der Waals surface area contributed by atoms with Crippen molar-refractivity contribution in [2.45, 2.75) is 32.2 Å². The first-order valence-corrected chi connectivity index (χ1v) is 10.2. The molecule has 3 rings (SSSR count). The third-order valence-corrected chi connectivity index (χ3v) is 5.23. The molecular weight excluding hydrogens is 392 g/mol. The lowest BCUT2D eigenvalue weighted by atomic mass is 9.94. The van der Waals surface area contributed by atoms with E-state index in [1.165, 1.54) is 17.7 Å². The first-order chi connectivity index (χ1) is 14.9. The van der Waals surface area contributed by atoms with Crippen LogP contribution in [-0.2, 0) is 0 Å². The Morgan fingerprint density at radius 2 is 1.52 bits per heavy atom. The van der Waals surface area contributed by atoms with E-state index in [-0.39, 0.29) is 23.9 Å². The van der Waals surface area contributed by atoms with Crippen molar-refractivity contribution < 1.29 is 14.5 Å². The number of anilines is 1. The maximum Gasteiger partial charge on any atom is 0.269 e. The summed E-state index contributed by atoms with van der Waals surface area (Å²) in [6.07, 6.45) is 0.240. The van der Waals surface area contributed by atoms with Crippen molar-refractivity contribution in [3.63, 3.8) is 0 Å². The van der Waals surface area contributed by atoms with Gasteiger partial charge in [-0.2, -0.15) is 0 Å². The van der Waals surface area contributed by atoms with Crippen molar-refractivity contribution in [3.05, 3.63) is 99.6 Å². The third kappa shape index (κ3) is 5.69. The van der Waals surface area contributed by atoms with E-state index in [0.717, 1.165) is 5.56 Å². The van der Waals surface area contributed by atoms with Crippen molar-refractivity contribution in [3.8, 4) is 5.75 Å². The van der Waals surface area contributed by atoms with E-state index in [2.05, 4.69) is 31.3 Å². The Morgan fingerprint density at radius 3 is 2.03 bits per heavy atom. The molecule has 0 aliphatic carbocycles. The number of carbonyl (C=O) groups excluding carboxylic acids is 1. The van der Waals surface area contributed by atoms with Gasteiger partial charge in [0, 0.05) is 29.8 Å². The number of nitro benzene ring substituents is 1. The number of nitro groups is 1. The van der Waals surface area contributed by atoms with E-state index in [4.69, 9.17) is 4.74 Å². The maximum atomic E-state index is 13.0. The number of nitrogens with one attached hydrogen (secondary N) is 1. The highest BCUT2D eigenvalue weighted by atomic mass is 16.6. The standard InChI is InChI=1S/C25H26N2O4/c1-17(2)18-4-6-19(7-5-18)24(26-21-10-12-22(13-11-21)27(29)30)16-25(28)20-8-14-23(31-3)15-9-20/h4-15,17,24,26H,16H2,1-3H3. The van der Waals surface area contributed by atoms with Gasteiger partial charge in [0.25, 0.3) is 5.69 Å². The number of Topliss-reactive ketones (excluding diaryl/α,β-unsaturated/α-hetero) is 1. The van der Waals surface area contributed by atoms with Crippen LogP contribution in [0.15, 0.2) is 72.8 Å². The summed E-state index contributed by atoms with van der Waals surface area (Å²) in [4.78, 5) is 23.5. The number of non-ortho nitro benzene ring substituents is 1. The van der Waals surface area contributed by atoms with Gasteiger partial charge in [-0.05, 0) is 53.4 Å². The molecule has 0 heterocycles. The number of hydrogen-bond donors (Lipinski definition) is 1. The molecule has 1 N–H and O–H groups in total. The largest absolute Gasteiger partial charge is 0.497 e. The molecule has 0 fully saturated rings. The monoisotopic (exact) mass is 418 g/mol. The van der Waals surface area contributed by atoms with Crippen LogP contribution >= 0.6 is 0 Å². The van der Waals surface area contributed by atoms with Crippen LogP contribution < -0.4 is 10.1 Å². The van der Waals surface area contributed by atoms with Crippen LogP contribution in [0, 0.1) is 10.1 Å². The summed E-state index contributed by atoms with van der Waals surface area (Å²) in [5, 5.41) is 14.3. The fourth-order valence-electron chi connectivity index (χ4n) is 3.33. The van der Waals surface area contributed by atoms with Crippen LogP contribution in [0.4, 0.5) is 11.4 Å². The van der Waals surface area contributed by atoms with Crippen LogP contribution in [-0.4, -0.2) is 17.8 Å². The molecule has 0 saturated carbocycles. The molecule has 0 bridgehead atoms. The lowest BCUT2D eigenvalue weighted by molar-refractivity contribution is -0.384. The Bertz CT molecular complexity index is 1030. The Hall–Kier alpha value is -3.67. The van der Waals surface area contributed by atoms with Gasteiger partial charge >= 0.3 is 0 Å². The minimum Gasteiger partial charge on any atom is -0.497 e. The maximum absolute atomic E-state index is 13.0. The van der Waals surface area contributed by atoms with Crippen LogP contribution in [0.25, 0.3) is 0 Å². The molecule has 0 radical (unpaired) electrons. The Kier molecular flexibility index (Phi) is 7.03. The number of ketones is 1. The zero-order valence-electron chi connectivity index (χ0n) is 17.9. The van der Waals surface area contributed by atoms with Gasteiger partial charge in [-0.25, -0.2) is 0 Å². The Morgan fingerprint density at radius 1 is 0.935 bits per heavy atom. The third-order valence-electron chi connectivity index (χ3n) is 5.23. The van der Waals surface area contributed by atoms with E-state index >= 15 is 0 Å². The lowest BCUT2D eigenvalue weighted by Crippen LogP contribution is -2.16. The Labute approximate surface area is 182 Å². The SMILES string of the molecule is COc1ccc(C(=O)CC(Nc2ccc([N+](=O)[O-])cc2)c2ccc(C(C)C)cc2)cc1. The fourth-order valence-corrected chi connectivity index (χ4v) is 3.33. The van der Waals surface area contributed by atoms with E-state index in [1.807, 2.05) is 12.1 Å². The molecule has 0 aliphatic heterocycles. The van der Waals surface area contributed by atoms with Gasteiger partial charge < -0.3 is 10.1 Å². The second kappa shape index (κ2) is 9.89. The molecular formula is C25H26N2O4. The molecule has 31 heavy (non-hydrogen) atoms. The van der Waals surface area contributed by atoms with Crippen LogP contribution in [0.3, 0.4) is 0 Å². The first-order valence-electron chi connectivity index (χ1n) is 10.2. The number of hydrogen-bond acceptors (Lipinski definition) is 5. The van der Waals surface area contributed by atoms with E-state index < -0.39 is 4.92 Å². The second-order valence-corrected chi connectivity index (χ2v) is 7.68. The molecule has 0 aromatic heterocycles. The fraction of sp³-hybridized carbons (Fsp3) is 0.240. The highest BCUT2D eigenvalue weighted by Crippen LogP contribution is 2.27. The molecule has 0 amide bonds. The molecule has 0 aliphatic rings. The zero-order valence-corrected chi connectivity index (χ0v) is 17.9. The predicted molar refractivity (Wildman–Crippen MR) is 122 cm³/mol. The van der Waals surface area contributed by atoms with Gasteiger partial charge in [0.15, 0.2) is 5.78 Å². The summed E-state index contributed by atoms with van der Waals surface area (Å²) in [7, 11) is 1.59. The van der Waals surface area contributed by atoms with Gasteiger partial charge in [0.2, 0.25) is 0 Å².